The van der Waals surface area contributed by atoms with E-state index >= 15 is 0 Å². The van der Waals surface area contributed by atoms with Crippen LogP contribution in [0.1, 0.15) is 5.56 Å². The lowest BCUT2D eigenvalue weighted by molar-refractivity contribution is -0.0504. The van der Waals surface area contributed by atoms with Gasteiger partial charge in [0, 0.05) is 6.07 Å². The summed E-state index contributed by atoms with van der Waals surface area (Å²) in [7, 11) is -4.90. The van der Waals surface area contributed by atoms with E-state index in [0.717, 1.165) is 12.1 Å². The van der Waals surface area contributed by atoms with E-state index in [1.54, 1.807) is 0 Å². The molecule has 0 saturated heterocycles. The van der Waals surface area contributed by atoms with Gasteiger partial charge in [0.2, 0.25) is 0 Å². The zero-order chi connectivity index (χ0) is 11.6. The number of aryl methyl sites for hydroxylation is 1. The van der Waals surface area contributed by atoms with Crippen LogP contribution in [0, 0.1) is 6.92 Å². The van der Waals surface area contributed by atoms with Crippen molar-refractivity contribution >= 4 is 10.2 Å². The monoisotopic (exact) mass is 240 g/mol. The molecule has 1 aromatic carbocycles. The lowest BCUT2D eigenvalue weighted by Gasteiger charge is -2.08. The fraction of sp³-hybridized carbons (Fsp3) is 0.250. The van der Waals surface area contributed by atoms with E-state index in [9.17, 15) is 21.1 Å². The number of alkyl halides is 2. The Hall–Kier alpha value is -1.24. The van der Waals surface area contributed by atoms with Crippen LogP contribution in [0.4, 0.5) is 12.7 Å². The molecule has 1 aromatic rings. The summed E-state index contributed by atoms with van der Waals surface area (Å²) < 4.78 is 61.2. The molecule has 0 saturated carbocycles. The molecular formula is C8H7F3O3S. The van der Waals surface area contributed by atoms with Crippen molar-refractivity contribution in [1.29, 1.82) is 0 Å². The Bertz CT molecular complexity index is 456. The van der Waals surface area contributed by atoms with Crippen LogP contribution in [0.3, 0.4) is 0 Å². The highest BCUT2D eigenvalue weighted by Gasteiger charge is 2.15. The van der Waals surface area contributed by atoms with Crippen molar-refractivity contribution in [3.8, 4) is 5.75 Å². The Labute approximate surface area is 84.7 Å². The van der Waals surface area contributed by atoms with Crippen molar-refractivity contribution in [1.82, 2.24) is 0 Å². The minimum atomic E-state index is -4.90. The Morgan fingerprint density at radius 2 is 1.93 bits per heavy atom. The van der Waals surface area contributed by atoms with E-state index in [1.165, 1.54) is 13.0 Å². The average Bonchev–Trinajstić information content (AvgIpc) is 2.06. The van der Waals surface area contributed by atoms with Crippen LogP contribution >= 0.6 is 0 Å². The van der Waals surface area contributed by atoms with E-state index in [0.29, 0.717) is 5.56 Å². The van der Waals surface area contributed by atoms with Crippen molar-refractivity contribution in [2.75, 3.05) is 0 Å². The predicted octanol–water partition coefficient (Wildman–Crippen LogP) is 2.25. The second-order valence-electron chi connectivity index (χ2n) is 2.74. The molecule has 0 aromatic heterocycles. The SMILES string of the molecule is Cc1ccc(S(=O)(=O)F)cc1OC(F)F. The second kappa shape index (κ2) is 4.09. The van der Waals surface area contributed by atoms with E-state index in [2.05, 4.69) is 4.74 Å². The molecule has 1 rings (SSSR count). The number of ether oxygens (including phenoxy) is 1. The van der Waals surface area contributed by atoms with Gasteiger partial charge in [0.1, 0.15) is 10.6 Å². The number of benzene rings is 1. The van der Waals surface area contributed by atoms with Gasteiger partial charge in [-0.05, 0) is 18.6 Å². The minimum Gasteiger partial charge on any atom is -0.435 e. The Morgan fingerprint density at radius 1 is 1.33 bits per heavy atom. The molecule has 0 atom stereocenters. The molecule has 0 bridgehead atoms. The third-order valence-corrected chi connectivity index (χ3v) is 2.47. The van der Waals surface area contributed by atoms with Crippen LogP contribution in [0.2, 0.25) is 0 Å². The minimum absolute atomic E-state index is 0.294. The summed E-state index contributed by atoms with van der Waals surface area (Å²) in [5, 5.41) is 0. The van der Waals surface area contributed by atoms with Crippen LogP contribution in [0.25, 0.3) is 0 Å². The summed E-state index contributed by atoms with van der Waals surface area (Å²) in [4.78, 5) is -0.705. The number of hydrogen-bond acceptors (Lipinski definition) is 3. The Balaban J connectivity index is 3.17. The highest BCUT2D eigenvalue weighted by molar-refractivity contribution is 7.86. The fourth-order valence-electron chi connectivity index (χ4n) is 0.955. The second-order valence-corrected chi connectivity index (χ2v) is 4.09. The summed E-state index contributed by atoms with van der Waals surface area (Å²) in [6.07, 6.45) is 0. The first kappa shape index (κ1) is 11.8. The Morgan fingerprint density at radius 3 is 2.40 bits per heavy atom. The van der Waals surface area contributed by atoms with Crippen molar-refractivity contribution in [3.05, 3.63) is 23.8 Å². The van der Waals surface area contributed by atoms with Gasteiger partial charge in [0.05, 0.1) is 0 Å². The third-order valence-electron chi connectivity index (χ3n) is 1.66. The molecule has 0 aliphatic rings. The summed E-state index contributed by atoms with van der Waals surface area (Å²) >= 11 is 0. The van der Waals surface area contributed by atoms with Crippen molar-refractivity contribution in [2.24, 2.45) is 0 Å². The standard InChI is InChI=1S/C8H7F3O3S/c1-5-2-3-6(15(11,12)13)4-7(5)14-8(9)10/h2-4,8H,1H3. The normalized spacial score (nSPS) is 11.8. The highest BCUT2D eigenvalue weighted by Crippen LogP contribution is 2.24. The molecule has 0 amide bonds. The highest BCUT2D eigenvalue weighted by atomic mass is 32.3. The molecule has 7 heteroatoms. The predicted molar refractivity (Wildman–Crippen MR) is 46.1 cm³/mol. The molecule has 0 N–H and O–H groups in total. The molecule has 0 radical (unpaired) electrons. The maximum Gasteiger partial charge on any atom is 0.387 e. The maximum absolute atomic E-state index is 12.5. The topological polar surface area (TPSA) is 43.4 Å². The van der Waals surface area contributed by atoms with Gasteiger partial charge in [-0.3, -0.25) is 0 Å². The lowest BCUT2D eigenvalue weighted by atomic mass is 10.2. The first-order valence-corrected chi connectivity index (χ1v) is 5.19. The first-order valence-electron chi connectivity index (χ1n) is 3.81. The molecule has 3 nitrogen and oxygen atoms in total. The van der Waals surface area contributed by atoms with Crippen LogP contribution in [-0.2, 0) is 10.2 Å². The smallest absolute Gasteiger partial charge is 0.387 e. The van der Waals surface area contributed by atoms with Crippen LogP contribution in [-0.4, -0.2) is 15.0 Å². The number of hydrogen-bond donors (Lipinski definition) is 0. The van der Waals surface area contributed by atoms with Crippen molar-refractivity contribution in [2.45, 2.75) is 18.4 Å². The van der Waals surface area contributed by atoms with Gasteiger partial charge in [-0.15, -0.1) is 3.89 Å². The van der Waals surface area contributed by atoms with Gasteiger partial charge in [-0.1, -0.05) is 6.07 Å². The average molecular weight is 240 g/mol. The van der Waals surface area contributed by atoms with Crippen molar-refractivity contribution < 1.29 is 25.8 Å². The molecular weight excluding hydrogens is 233 g/mol. The quantitative estimate of drug-likeness (QED) is 0.761. The van der Waals surface area contributed by atoms with Gasteiger partial charge < -0.3 is 4.74 Å². The van der Waals surface area contributed by atoms with Crippen LogP contribution in [0.15, 0.2) is 23.1 Å². The fourth-order valence-corrected chi connectivity index (χ4v) is 1.43. The molecule has 15 heavy (non-hydrogen) atoms. The van der Waals surface area contributed by atoms with E-state index in [4.69, 9.17) is 0 Å². The van der Waals surface area contributed by atoms with Crippen molar-refractivity contribution in [3.63, 3.8) is 0 Å². The largest absolute Gasteiger partial charge is 0.435 e. The van der Waals surface area contributed by atoms with Crippen LogP contribution < -0.4 is 4.74 Å². The van der Waals surface area contributed by atoms with Crippen LogP contribution in [0.5, 0.6) is 5.75 Å². The van der Waals surface area contributed by atoms with E-state index < -0.39 is 21.7 Å². The molecule has 84 valence electrons. The van der Waals surface area contributed by atoms with E-state index in [-0.39, 0.29) is 5.75 Å². The lowest BCUT2D eigenvalue weighted by Crippen LogP contribution is -2.04. The molecule has 0 spiro atoms. The zero-order valence-corrected chi connectivity index (χ0v) is 8.39. The van der Waals surface area contributed by atoms with Gasteiger partial charge in [-0.25, -0.2) is 0 Å². The summed E-state index contributed by atoms with van der Waals surface area (Å²) in [5.41, 5.74) is 0.294. The molecule has 0 aliphatic carbocycles. The molecule has 0 fully saturated rings. The van der Waals surface area contributed by atoms with Gasteiger partial charge in [0.15, 0.2) is 0 Å². The molecule has 0 heterocycles. The van der Waals surface area contributed by atoms with Gasteiger partial charge >= 0.3 is 16.8 Å². The van der Waals surface area contributed by atoms with Gasteiger partial charge in [0.25, 0.3) is 0 Å². The Kier molecular flexibility index (Phi) is 3.23. The molecule has 0 aliphatic heterocycles. The number of halogens is 3. The maximum atomic E-state index is 12.5. The van der Waals surface area contributed by atoms with Gasteiger partial charge in [-0.2, -0.15) is 17.2 Å². The summed E-state index contributed by atoms with van der Waals surface area (Å²) in [6.45, 7) is -1.65. The zero-order valence-electron chi connectivity index (χ0n) is 7.58. The summed E-state index contributed by atoms with van der Waals surface area (Å²) in [6, 6.07) is 2.88. The third kappa shape index (κ3) is 3.12. The summed E-state index contributed by atoms with van der Waals surface area (Å²) in [5.74, 6) is -0.358. The first-order chi connectivity index (χ1) is 6.80. The molecule has 0 unspecified atom stereocenters. The van der Waals surface area contributed by atoms with E-state index in [1.807, 2.05) is 0 Å². The number of rotatable bonds is 3.